The summed E-state index contributed by atoms with van der Waals surface area (Å²) in [4.78, 5) is 11.5. The maximum absolute atomic E-state index is 11.5. The SMILES string of the molecule is CCC(C)(C)C(=O)OCCOCC(C)O. The summed E-state index contributed by atoms with van der Waals surface area (Å²) in [5.74, 6) is -0.203. The molecule has 1 unspecified atom stereocenters. The third kappa shape index (κ3) is 6.47. The minimum absolute atomic E-state index is 0.203. The van der Waals surface area contributed by atoms with Gasteiger partial charge in [0, 0.05) is 0 Å². The molecule has 0 saturated carbocycles. The Bertz CT molecular complexity index is 187. The molecular formula is C11H22O4. The third-order valence-electron chi connectivity index (χ3n) is 2.26. The van der Waals surface area contributed by atoms with Crippen molar-refractivity contribution in [2.75, 3.05) is 19.8 Å². The van der Waals surface area contributed by atoms with Crippen molar-refractivity contribution in [3.05, 3.63) is 0 Å². The molecular weight excluding hydrogens is 196 g/mol. The number of esters is 1. The van der Waals surface area contributed by atoms with Crippen LogP contribution in [0.1, 0.15) is 34.1 Å². The monoisotopic (exact) mass is 218 g/mol. The molecule has 90 valence electrons. The second-order valence-corrected chi connectivity index (χ2v) is 4.30. The number of ether oxygens (including phenoxy) is 2. The summed E-state index contributed by atoms with van der Waals surface area (Å²) in [5, 5.41) is 8.90. The van der Waals surface area contributed by atoms with Gasteiger partial charge in [-0.3, -0.25) is 4.79 Å². The smallest absolute Gasteiger partial charge is 0.311 e. The van der Waals surface area contributed by atoms with Crippen LogP contribution < -0.4 is 0 Å². The lowest BCUT2D eigenvalue weighted by Gasteiger charge is -2.20. The summed E-state index contributed by atoms with van der Waals surface area (Å²) in [6.07, 6.45) is 0.271. The van der Waals surface area contributed by atoms with Crippen LogP contribution >= 0.6 is 0 Å². The molecule has 0 spiro atoms. The second kappa shape index (κ2) is 6.80. The first-order valence-electron chi connectivity index (χ1n) is 5.33. The van der Waals surface area contributed by atoms with Crippen LogP contribution in [0.3, 0.4) is 0 Å². The number of carbonyl (C=O) groups is 1. The van der Waals surface area contributed by atoms with Crippen molar-refractivity contribution in [2.45, 2.75) is 40.2 Å². The van der Waals surface area contributed by atoms with E-state index >= 15 is 0 Å². The van der Waals surface area contributed by atoms with E-state index in [1.165, 1.54) is 0 Å². The quantitative estimate of drug-likeness (QED) is 0.518. The molecule has 15 heavy (non-hydrogen) atoms. The second-order valence-electron chi connectivity index (χ2n) is 4.30. The molecule has 0 aliphatic rings. The van der Waals surface area contributed by atoms with Crippen molar-refractivity contribution < 1.29 is 19.4 Å². The van der Waals surface area contributed by atoms with Gasteiger partial charge in [0.25, 0.3) is 0 Å². The molecule has 0 aromatic heterocycles. The van der Waals surface area contributed by atoms with Gasteiger partial charge in [0.05, 0.1) is 24.7 Å². The average molecular weight is 218 g/mol. The van der Waals surface area contributed by atoms with Crippen LogP contribution in [0.15, 0.2) is 0 Å². The molecule has 4 nitrogen and oxygen atoms in total. The molecule has 1 atom stereocenters. The van der Waals surface area contributed by atoms with Gasteiger partial charge in [-0.1, -0.05) is 6.92 Å². The summed E-state index contributed by atoms with van der Waals surface area (Å²) in [6, 6.07) is 0. The number of rotatable bonds is 7. The van der Waals surface area contributed by atoms with Crippen LogP contribution in [-0.2, 0) is 14.3 Å². The molecule has 0 fully saturated rings. The Hall–Kier alpha value is -0.610. The van der Waals surface area contributed by atoms with Crippen molar-refractivity contribution in [3.63, 3.8) is 0 Å². The lowest BCUT2D eigenvalue weighted by atomic mass is 9.91. The van der Waals surface area contributed by atoms with Gasteiger partial charge in [0.1, 0.15) is 6.61 Å². The standard InChI is InChI=1S/C11H22O4/c1-5-11(3,4)10(13)15-7-6-14-8-9(2)12/h9,12H,5-8H2,1-4H3. The van der Waals surface area contributed by atoms with Gasteiger partial charge in [0.2, 0.25) is 0 Å². The van der Waals surface area contributed by atoms with E-state index in [1.54, 1.807) is 6.92 Å². The fourth-order valence-electron chi connectivity index (χ4n) is 0.787. The van der Waals surface area contributed by atoms with Crippen LogP contribution in [0.4, 0.5) is 0 Å². The predicted octanol–water partition coefficient (Wildman–Crippen LogP) is 1.36. The molecule has 0 heterocycles. The van der Waals surface area contributed by atoms with Gasteiger partial charge < -0.3 is 14.6 Å². The van der Waals surface area contributed by atoms with E-state index in [-0.39, 0.29) is 19.2 Å². The molecule has 0 saturated heterocycles. The van der Waals surface area contributed by atoms with Crippen LogP contribution in [0, 0.1) is 5.41 Å². The summed E-state index contributed by atoms with van der Waals surface area (Å²) < 4.78 is 10.1. The Balaban J connectivity index is 3.56. The van der Waals surface area contributed by atoms with E-state index in [1.807, 2.05) is 20.8 Å². The summed E-state index contributed by atoms with van der Waals surface area (Å²) in [7, 11) is 0. The van der Waals surface area contributed by atoms with Crippen molar-refractivity contribution in [2.24, 2.45) is 5.41 Å². The fourth-order valence-corrected chi connectivity index (χ4v) is 0.787. The van der Waals surface area contributed by atoms with Crippen molar-refractivity contribution in [1.29, 1.82) is 0 Å². The van der Waals surface area contributed by atoms with E-state index < -0.39 is 11.5 Å². The molecule has 0 bridgehead atoms. The zero-order valence-electron chi connectivity index (χ0n) is 10.1. The minimum Gasteiger partial charge on any atom is -0.463 e. The molecule has 1 N–H and O–H groups in total. The molecule has 0 radical (unpaired) electrons. The maximum atomic E-state index is 11.5. The van der Waals surface area contributed by atoms with Crippen LogP contribution in [0.2, 0.25) is 0 Å². The van der Waals surface area contributed by atoms with E-state index in [0.717, 1.165) is 6.42 Å². The van der Waals surface area contributed by atoms with Crippen molar-refractivity contribution in [1.82, 2.24) is 0 Å². The molecule has 0 amide bonds. The van der Waals surface area contributed by atoms with Crippen LogP contribution in [-0.4, -0.2) is 37.0 Å². The van der Waals surface area contributed by atoms with Crippen LogP contribution in [0.25, 0.3) is 0 Å². The van der Waals surface area contributed by atoms with Gasteiger partial charge in [-0.15, -0.1) is 0 Å². The fraction of sp³-hybridized carbons (Fsp3) is 0.909. The molecule has 0 aliphatic heterocycles. The Morgan fingerprint density at radius 2 is 2.00 bits per heavy atom. The lowest BCUT2D eigenvalue weighted by Crippen LogP contribution is -2.27. The van der Waals surface area contributed by atoms with E-state index in [0.29, 0.717) is 6.61 Å². The van der Waals surface area contributed by atoms with Gasteiger partial charge in [0.15, 0.2) is 0 Å². The zero-order valence-corrected chi connectivity index (χ0v) is 10.1. The Labute approximate surface area is 91.6 Å². The molecule has 4 heteroatoms. The van der Waals surface area contributed by atoms with Gasteiger partial charge in [-0.25, -0.2) is 0 Å². The summed E-state index contributed by atoms with van der Waals surface area (Å²) in [6.45, 7) is 8.15. The van der Waals surface area contributed by atoms with E-state index in [2.05, 4.69) is 0 Å². The average Bonchev–Trinajstić information content (AvgIpc) is 2.16. The molecule has 0 rings (SSSR count). The minimum atomic E-state index is -0.479. The first-order chi connectivity index (χ1) is 6.90. The zero-order chi connectivity index (χ0) is 11.9. The number of aliphatic hydroxyl groups excluding tert-OH is 1. The van der Waals surface area contributed by atoms with E-state index in [9.17, 15) is 4.79 Å². The van der Waals surface area contributed by atoms with Gasteiger partial charge in [-0.05, 0) is 27.2 Å². The number of hydrogen-bond donors (Lipinski definition) is 1. The van der Waals surface area contributed by atoms with Crippen molar-refractivity contribution >= 4 is 5.97 Å². The first-order valence-corrected chi connectivity index (χ1v) is 5.33. The number of hydrogen-bond acceptors (Lipinski definition) is 4. The predicted molar refractivity (Wildman–Crippen MR) is 57.5 cm³/mol. The highest BCUT2D eigenvalue weighted by molar-refractivity contribution is 5.75. The number of carbonyl (C=O) groups excluding carboxylic acids is 1. The Morgan fingerprint density at radius 1 is 1.40 bits per heavy atom. The molecule has 0 aliphatic carbocycles. The molecule has 0 aromatic rings. The summed E-state index contributed by atoms with van der Waals surface area (Å²) >= 11 is 0. The lowest BCUT2D eigenvalue weighted by molar-refractivity contribution is -0.155. The topological polar surface area (TPSA) is 55.8 Å². The van der Waals surface area contributed by atoms with E-state index in [4.69, 9.17) is 14.6 Å². The third-order valence-corrected chi connectivity index (χ3v) is 2.26. The molecule has 0 aromatic carbocycles. The van der Waals surface area contributed by atoms with Crippen LogP contribution in [0.5, 0.6) is 0 Å². The normalized spacial score (nSPS) is 13.7. The number of aliphatic hydroxyl groups is 1. The summed E-state index contributed by atoms with van der Waals surface area (Å²) in [5.41, 5.74) is -0.426. The highest BCUT2D eigenvalue weighted by atomic mass is 16.6. The Morgan fingerprint density at radius 3 is 2.47 bits per heavy atom. The highest BCUT2D eigenvalue weighted by Gasteiger charge is 2.26. The largest absolute Gasteiger partial charge is 0.463 e. The van der Waals surface area contributed by atoms with Gasteiger partial charge >= 0.3 is 5.97 Å². The van der Waals surface area contributed by atoms with Gasteiger partial charge in [-0.2, -0.15) is 0 Å². The van der Waals surface area contributed by atoms with Crippen molar-refractivity contribution in [3.8, 4) is 0 Å². The maximum Gasteiger partial charge on any atom is 0.311 e. The Kier molecular flexibility index (Phi) is 6.52. The first kappa shape index (κ1) is 14.4. The highest BCUT2D eigenvalue weighted by Crippen LogP contribution is 2.21.